The zero-order valence-electron chi connectivity index (χ0n) is 8.97. The van der Waals surface area contributed by atoms with E-state index in [2.05, 4.69) is 0 Å². The average molecular weight is 232 g/mol. The van der Waals surface area contributed by atoms with Crippen LogP contribution in [-0.4, -0.2) is 12.6 Å². The molecule has 1 aliphatic rings. The minimum absolute atomic E-state index is 0.256. The van der Waals surface area contributed by atoms with Crippen molar-refractivity contribution < 1.29 is 9.53 Å². The van der Waals surface area contributed by atoms with Crippen molar-refractivity contribution in [2.45, 2.75) is 11.8 Å². The third-order valence-corrected chi connectivity index (χ3v) is 3.25. The normalized spacial score (nSPS) is 13.7. The second-order valence-corrected chi connectivity index (χ2v) is 4.33. The highest BCUT2D eigenvalue weighted by Crippen LogP contribution is 2.33. The van der Waals surface area contributed by atoms with Crippen molar-refractivity contribution in [2.24, 2.45) is 0 Å². The Morgan fingerprint density at radius 2 is 2.19 bits per heavy atom. The van der Waals surface area contributed by atoms with Gasteiger partial charge in [-0.2, -0.15) is 0 Å². The molecule has 0 fully saturated rings. The van der Waals surface area contributed by atoms with Gasteiger partial charge in [-0.3, -0.25) is 0 Å². The lowest BCUT2D eigenvalue weighted by Gasteiger charge is -2.06. The van der Waals surface area contributed by atoms with E-state index in [-0.39, 0.29) is 5.97 Å². The summed E-state index contributed by atoms with van der Waals surface area (Å²) in [5.74, 6) is -0.256. The third-order valence-electron chi connectivity index (χ3n) is 2.14. The summed E-state index contributed by atoms with van der Waals surface area (Å²) in [6.45, 7) is 2.21. The van der Waals surface area contributed by atoms with E-state index in [1.54, 1.807) is 6.08 Å². The van der Waals surface area contributed by atoms with Crippen LogP contribution in [0.2, 0.25) is 0 Å². The molecule has 1 heterocycles. The van der Waals surface area contributed by atoms with Gasteiger partial charge in [-0.15, -0.1) is 0 Å². The van der Waals surface area contributed by atoms with Crippen LogP contribution in [0.15, 0.2) is 46.2 Å². The minimum Gasteiger partial charge on any atom is -0.462 e. The Kier molecular flexibility index (Phi) is 3.47. The van der Waals surface area contributed by atoms with Crippen LogP contribution in [0.4, 0.5) is 0 Å². The summed E-state index contributed by atoms with van der Waals surface area (Å²) in [6.07, 6.45) is 5.67. The SMILES string of the molecule is CCOC(=O)C1=CC=Cc2ccccc2S1. The van der Waals surface area contributed by atoms with Crippen molar-refractivity contribution in [3.8, 4) is 0 Å². The summed E-state index contributed by atoms with van der Waals surface area (Å²) in [5, 5.41) is 0. The van der Waals surface area contributed by atoms with Crippen molar-refractivity contribution >= 4 is 23.8 Å². The Bertz CT molecular complexity index is 461. The number of carbonyl (C=O) groups excluding carboxylic acids is 1. The summed E-state index contributed by atoms with van der Waals surface area (Å²) >= 11 is 1.45. The third kappa shape index (κ3) is 2.36. The zero-order chi connectivity index (χ0) is 11.4. The van der Waals surface area contributed by atoms with Gasteiger partial charge in [-0.25, -0.2) is 4.79 Å². The highest BCUT2D eigenvalue weighted by molar-refractivity contribution is 8.04. The van der Waals surface area contributed by atoms with Gasteiger partial charge in [0.05, 0.1) is 11.5 Å². The van der Waals surface area contributed by atoms with Crippen LogP contribution < -0.4 is 0 Å². The van der Waals surface area contributed by atoms with Gasteiger partial charge in [0.1, 0.15) is 0 Å². The maximum absolute atomic E-state index is 11.6. The van der Waals surface area contributed by atoms with E-state index < -0.39 is 0 Å². The summed E-state index contributed by atoms with van der Waals surface area (Å²) in [4.78, 5) is 13.3. The molecule has 2 nitrogen and oxygen atoms in total. The Labute approximate surface area is 99.0 Å². The molecule has 0 N–H and O–H groups in total. The zero-order valence-corrected chi connectivity index (χ0v) is 9.79. The summed E-state index contributed by atoms with van der Waals surface area (Å²) in [6, 6.07) is 7.98. The van der Waals surface area contributed by atoms with Crippen LogP contribution in [0.25, 0.3) is 6.08 Å². The number of hydrogen-bond acceptors (Lipinski definition) is 3. The molecule has 0 unspecified atom stereocenters. The van der Waals surface area contributed by atoms with E-state index in [0.29, 0.717) is 11.5 Å². The van der Waals surface area contributed by atoms with Crippen LogP contribution in [0.1, 0.15) is 12.5 Å². The predicted octanol–water partition coefficient (Wildman–Crippen LogP) is 3.25. The Hall–Kier alpha value is -1.48. The van der Waals surface area contributed by atoms with E-state index in [1.807, 2.05) is 43.3 Å². The van der Waals surface area contributed by atoms with E-state index in [4.69, 9.17) is 4.74 Å². The van der Waals surface area contributed by atoms with Crippen molar-refractivity contribution in [3.05, 3.63) is 46.9 Å². The fourth-order valence-electron chi connectivity index (χ4n) is 1.41. The van der Waals surface area contributed by atoms with Crippen LogP contribution >= 0.6 is 11.8 Å². The average Bonchev–Trinajstić information content (AvgIpc) is 2.51. The van der Waals surface area contributed by atoms with Crippen LogP contribution in [0.3, 0.4) is 0 Å². The highest BCUT2D eigenvalue weighted by atomic mass is 32.2. The van der Waals surface area contributed by atoms with Gasteiger partial charge in [0.2, 0.25) is 0 Å². The van der Waals surface area contributed by atoms with Crippen LogP contribution in [0, 0.1) is 0 Å². The van der Waals surface area contributed by atoms with Gasteiger partial charge >= 0.3 is 5.97 Å². The number of esters is 1. The molecule has 1 aromatic carbocycles. The van der Waals surface area contributed by atoms with Crippen LogP contribution in [0.5, 0.6) is 0 Å². The lowest BCUT2D eigenvalue weighted by Crippen LogP contribution is -2.04. The number of thioether (sulfide) groups is 1. The Morgan fingerprint density at radius 1 is 1.38 bits per heavy atom. The minimum atomic E-state index is -0.256. The number of rotatable bonds is 2. The van der Waals surface area contributed by atoms with Gasteiger partial charge in [0.25, 0.3) is 0 Å². The van der Waals surface area contributed by atoms with Gasteiger partial charge in [-0.05, 0) is 24.6 Å². The van der Waals surface area contributed by atoms with Gasteiger partial charge < -0.3 is 4.74 Å². The fraction of sp³-hybridized carbons (Fsp3) is 0.154. The van der Waals surface area contributed by atoms with Gasteiger partial charge in [-0.1, -0.05) is 42.1 Å². The fourth-order valence-corrected chi connectivity index (χ4v) is 2.34. The smallest absolute Gasteiger partial charge is 0.344 e. The predicted molar refractivity (Wildman–Crippen MR) is 66.0 cm³/mol. The van der Waals surface area contributed by atoms with E-state index in [0.717, 1.165) is 10.5 Å². The first kappa shape index (κ1) is 11.0. The second-order valence-electron chi connectivity index (χ2n) is 3.25. The summed E-state index contributed by atoms with van der Waals surface area (Å²) in [7, 11) is 0. The van der Waals surface area contributed by atoms with E-state index >= 15 is 0 Å². The van der Waals surface area contributed by atoms with Gasteiger partial charge in [0, 0.05) is 4.90 Å². The molecule has 1 aliphatic heterocycles. The molecule has 1 aromatic rings. The number of hydrogen-bond donors (Lipinski definition) is 0. The number of carbonyl (C=O) groups is 1. The summed E-state index contributed by atoms with van der Waals surface area (Å²) in [5.41, 5.74) is 1.13. The molecule has 0 radical (unpaired) electrons. The topological polar surface area (TPSA) is 26.3 Å². The molecule has 16 heavy (non-hydrogen) atoms. The molecule has 0 saturated carbocycles. The Morgan fingerprint density at radius 3 is 3.00 bits per heavy atom. The largest absolute Gasteiger partial charge is 0.462 e. The maximum Gasteiger partial charge on any atom is 0.344 e. The lowest BCUT2D eigenvalue weighted by atomic mass is 10.2. The molecule has 82 valence electrons. The molecule has 0 aliphatic carbocycles. The van der Waals surface area contributed by atoms with Crippen LogP contribution in [-0.2, 0) is 9.53 Å². The number of fused-ring (bicyclic) bond motifs is 1. The number of benzene rings is 1. The number of allylic oxidation sites excluding steroid dienone is 2. The lowest BCUT2D eigenvalue weighted by molar-refractivity contribution is -0.137. The molecule has 0 aromatic heterocycles. The van der Waals surface area contributed by atoms with Crippen molar-refractivity contribution in [2.75, 3.05) is 6.61 Å². The molecule has 0 bridgehead atoms. The second kappa shape index (κ2) is 5.03. The maximum atomic E-state index is 11.6. The monoisotopic (exact) mass is 232 g/mol. The first-order valence-electron chi connectivity index (χ1n) is 5.13. The number of ether oxygens (including phenoxy) is 1. The standard InChI is InChI=1S/C13H12O2S/c1-2-15-13(14)12-9-5-7-10-6-3-4-8-11(10)16-12/h3-9H,2H2,1H3. The first-order valence-corrected chi connectivity index (χ1v) is 5.95. The molecule has 0 spiro atoms. The van der Waals surface area contributed by atoms with E-state index in [9.17, 15) is 4.79 Å². The molecule has 0 amide bonds. The quantitative estimate of drug-likeness (QED) is 0.732. The van der Waals surface area contributed by atoms with Crippen molar-refractivity contribution in [3.63, 3.8) is 0 Å². The van der Waals surface area contributed by atoms with E-state index in [1.165, 1.54) is 11.8 Å². The molecule has 0 atom stereocenters. The highest BCUT2D eigenvalue weighted by Gasteiger charge is 2.14. The van der Waals surface area contributed by atoms with Gasteiger partial charge in [0.15, 0.2) is 0 Å². The summed E-state index contributed by atoms with van der Waals surface area (Å²) < 4.78 is 4.99. The molecule has 3 heteroatoms. The van der Waals surface area contributed by atoms with Crippen molar-refractivity contribution in [1.29, 1.82) is 0 Å². The molecular formula is C13H12O2S. The molecule has 2 rings (SSSR count). The Balaban J connectivity index is 2.26. The first-order chi connectivity index (χ1) is 7.81. The van der Waals surface area contributed by atoms with Crippen molar-refractivity contribution in [1.82, 2.24) is 0 Å². The molecule has 0 saturated heterocycles. The molecular weight excluding hydrogens is 220 g/mol.